The van der Waals surface area contributed by atoms with E-state index < -0.39 is 10.0 Å². The van der Waals surface area contributed by atoms with E-state index in [0.717, 1.165) is 31.0 Å². The molecule has 0 saturated carbocycles. The van der Waals surface area contributed by atoms with Crippen LogP contribution in [0.2, 0.25) is 0 Å². The maximum Gasteiger partial charge on any atom is 0.240 e. The Labute approximate surface area is 160 Å². The van der Waals surface area contributed by atoms with Crippen molar-refractivity contribution in [3.05, 3.63) is 47.8 Å². The predicted molar refractivity (Wildman–Crippen MR) is 105 cm³/mol. The van der Waals surface area contributed by atoms with Crippen molar-refractivity contribution < 1.29 is 8.42 Å². The summed E-state index contributed by atoms with van der Waals surface area (Å²) >= 11 is 0. The van der Waals surface area contributed by atoms with Crippen molar-refractivity contribution in [1.82, 2.24) is 24.7 Å². The summed E-state index contributed by atoms with van der Waals surface area (Å²) in [5, 5.41) is 7.63. The average Bonchev–Trinajstić information content (AvgIpc) is 3.32. The van der Waals surface area contributed by atoms with Gasteiger partial charge in [-0.05, 0) is 36.7 Å². The van der Waals surface area contributed by atoms with Gasteiger partial charge in [-0.1, -0.05) is 12.1 Å². The van der Waals surface area contributed by atoms with E-state index in [1.165, 1.54) is 12.6 Å². The van der Waals surface area contributed by atoms with Gasteiger partial charge in [-0.2, -0.15) is 5.10 Å². The second-order valence-electron chi connectivity index (χ2n) is 6.63. The van der Waals surface area contributed by atoms with Gasteiger partial charge < -0.3 is 10.2 Å². The third-order valence-electron chi connectivity index (χ3n) is 4.85. The molecule has 0 amide bonds. The molecular formula is C18H26N6O2S. The standard InChI is InChI=1S/C18H26N6O2S/c1-19-18(24-9-8-15(13-24)16-11-22-23(3)12-16)21-10-14-4-6-17(7-5-14)27(25,26)20-2/h4-7,11-12,15,20H,8-10,13H2,1-3H3,(H,19,21). The van der Waals surface area contributed by atoms with Crippen molar-refractivity contribution in [2.75, 3.05) is 27.2 Å². The molecule has 0 bridgehead atoms. The van der Waals surface area contributed by atoms with E-state index in [1.807, 2.05) is 30.1 Å². The van der Waals surface area contributed by atoms with Crippen LogP contribution in [0.1, 0.15) is 23.5 Å². The number of nitrogens with zero attached hydrogens (tertiary/aromatic N) is 4. The van der Waals surface area contributed by atoms with Crippen LogP contribution < -0.4 is 10.0 Å². The van der Waals surface area contributed by atoms with E-state index in [1.54, 1.807) is 19.2 Å². The molecule has 1 atom stereocenters. The quantitative estimate of drug-likeness (QED) is 0.584. The minimum atomic E-state index is -3.40. The first kappa shape index (κ1) is 19.4. The SMILES string of the molecule is CN=C(NCc1ccc(S(=O)(=O)NC)cc1)N1CCC(c2cnn(C)c2)C1. The Morgan fingerprint density at radius 3 is 2.67 bits per heavy atom. The summed E-state index contributed by atoms with van der Waals surface area (Å²) in [4.78, 5) is 6.90. The van der Waals surface area contributed by atoms with Crippen LogP contribution in [0.3, 0.4) is 0 Å². The minimum absolute atomic E-state index is 0.261. The maximum absolute atomic E-state index is 11.8. The summed E-state index contributed by atoms with van der Waals surface area (Å²) in [7, 11) is 1.72. The number of benzene rings is 1. The van der Waals surface area contributed by atoms with Crippen molar-refractivity contribution in [2.24, 2.45) is 12.0 Å². The molecule has 2 heterocycles. The number of aromatic nitrogens is 2. The van der Waals surface area contributed by atoms with E-state index in [0.29, 0.717) is 12.5 Å². The summed E-state index contributed by atoms with van der Waals surface area (Å²) in [6.07, 6.45) is 5.08. The zero-order valence-corrected chi connectivity index (χ0v) is 16.7. The lowest BCUT2D eigenvalue weighted by Gasteiger charge is -2.21. The molecule has 1 unspecified atom stereocenters. The van der Waals surface area contributed by atoms with Crippen molar-refractivity contribution in [1.29, 1.82) is 0 Å². The summed E-state index contributed by atoms with van der Waals surface area (Å²) in [5.41, 5.74) is 2.26. The van der Waals surface area contributed by atoms with Gasteiger partial charge in [0.15, 0.2) is 5.96 Å². The van der Waals surface area contributed by atoms with Crippen molar-refractivity contribution in [3.63, 3.8) is 0 Å². The van der Waals surface area contributed by atoms with Crippen LogP contribution in [0.4, 0.5) is 0 Å². The van der Waals surface area contributed by atoms with Gasteiger partial charge >= 0.3 is 0 Å². The van der Waals surface area contributed by atoms with Gasteiger partial charge in [0.2, 0.25) is 10.0 Å². The third kappa shape index (κ3) is 4.48. The van der Waals surface area contributed by atoms with Crippen LogP contribution in [-0.2, 0) is 23.6 Å². The molecule has 0 radical (unpaired) electrons. The van der Waals surface area contributed by atoms with Crippen LogP contribution in [0.5, 0.6) is 0 Å². The average molecular weight is 391 g/mol. The monoisotopic (exact) mass is 390 g/mol. The summed E-state index contributed by atoms with van der Waals surface area (Å²) in [6, 6.07) is 6.85. The van der Waals surface area contributed by atoms with Crippen LogP contribution in [0.15, 0.2) is 46.5 Å². The lowest BCUT2D eigenvalue weighted by atomic mass is 10.0. The highest BCUT2D eigenvalue weighted by atomic mass is 32.2. The highest BCUT2D eigenvalue weighted by Gasteiger charge is 2.26. The van der Waals surface area contributed by atoms with E-state index in [4.69, 9.17) is 0 Å². The molecule has 9 heteroatoms. The molecule has 1 aromatic carbocycles. The number of guanidine groups is 1. The summed E-state index contributed by atoms with van der Waals surface area (Å²) in [5.74, 6) is 1.32. The first-order chi connectivity index (χ1) is 12.9. The van der Waals surface area contributed by atoms with Gasteiger partial charge in [-0.25, -0.2) is 13.1 Å². The van der Waals surface area contributed by atoms with Crippen molar-refractivity contribution in [2.45, 2.75) is 23.8 Å². The van der Waals surface area contributed by atoms with Gasteiger partial charge in [0.05, 0.1) is 11.1 Å². The lowest BCUT2D eigenvalue weighted by Crippen LogP contribution is -2.39. The first-order valence-electron chi connectivity index (χ1n) is 8.89. The number of rotatable bonds is 5. The number of aliphatic imine (C=N–C) groups is 1. The van der Waals surface area contributed by atoms with Crippen LogP contribution in [0, 0.1) is 0 Å². The third-order valence-corrected chi connectivity index (χ3v) is 6.28. The highest BCUT2D eigenvalue weighted by molar-refractivity contribution is 7.89. The second kappa shape index (κ2) is 8.10. The van der Waals surface area contributed by atoms with E-state index in [2.05, 4.69) is 31.2 Å². The van der Waals surface area contributed by atoms with Gasteiger partial charge in [-0.15, -0.1) is 0 Å². The Bertz CT molecular complexity index is 904. The second-order valence-corrected chi connectivity index (χ2v) is 8.52. The zero-order chi connectivity index (χ0) is 19.4. The molecule has 3 rings (SSSR count). The lowest BCUT2D eigenvalue weighted by molar-refractivity contribution is 0.486. The normalized spacial score (nSPS) is 18.1. The predicted octanol–water partition coefficient (Wildman–Crippen LogP) is 0.893. The summed E-state index contributed by atoms with van der Waals surface area (Å²) in [6.45, 7) is 2.43. The van der Waals surface area contributed by atoms with Gasteiger partial charge in [0.1, 0.15) is 0 Å². The number of hydrogen-bond donors (Lipinski definition) is 2. The Kier molecular flexibility index (Phi) is 5.81. The Hall–Kier alpha value is -2.39. The largest absolute Gasteiger partial charge is 0.352 e. The number of likely N-dealkylation sites (tertiary alicyclic amines) is 1. The zero-order valence-electron chi connectivity index (χ0n) is 15.9. The molecule has 0 aliphatic carbocycles. The topological polar surface area (TPSA) is 91.6 Å². The van der Waals surface area contributed by atoms with Gasteiger partial charge in [0.25, 0.3) is 0 Å². The smallest absolute Gasteiger partial charge is 0.240 e. The molecule has 0 spiro atoms. The molecule has 1 aliphatic rings. The van der Waals surface area contributed by atoms with Crippen molar-refractivity contribution >= 4 is 16.0 Å². The Morgan fingerprint density at radius 2 is 2.07 bits per heavy atom. The Balaban J connectivity index is 1.58. The van der Waals surface area contributed by atoms with Crippen LogP contribution in [-0.4, -0.2) is 56.2 Å². The van der Waals surface area contributed by atoms with Gasteiger partial charge in [0, 0.05) is 45.8 Å². The number of hydrogen-bond acceptors (Lipinski definition) is 4. The minimum Gasteiger partial charge on any atom is -0.352 e. The molecule has 1 aromatic heterocycles. The maximum atomic E-state index is 11.8. The first-order valence-corrected chi connectivity index (χ1v) is 10.4. The molecule has 27 heavy (non-hydrogen) atoms. The number of nitrogens with one attached hydrogen (secondary N) is 2. The van der Waals surface area contributed by atoms with E-state index >= 15 is 0 Å². The molecule has 146 valence electrons. The van der Waals surface area contributed by atoms with E-state index in [-0.39, 0.29) is 4.90 Å². The number of sulfonamides is 1. The number of aryl methyl sites for hydroxylation is 1. The Morgan fingerprint density at radius 1 is 1.33 bits per heavy atom. The fourth-order valence-corrected chi connectivity index (χ4v) is 4.02. The highest BCUT2D eigenvalue weighted by Crippen LogP contribution is 2.26. The molecule has 1 fully saturated rings. The van der Waals surface area contributed by atoms with Crippen LogP contribution >= 0.6 is 0 Å². The molecule has 2 N–H and O–H groups in total. The fourth-order valence-electron chi connectivity index (χ4n) is 3.29. The van der Waals surface area contributed by atoms with Crippen LogP contribution in [0.25, 0.3) is 0 Å². The van der Waals surface area contributed by atoms with Gasteiger partial charge in [-0.3, -0.25) is 9.67 Å². The molecule has 1 aliphatic heterocycles. The summed E-state index contributed by atoms with van der Waals surface area (Å²) < 4.78 is 27.7. The molecule has 2 aromatic rings. The van der Waals surface area contributed by atoms with E-state index in [9.17, 15) is 8.42 Å². The van der Waals surface area contributed by atoms with Crippen molar-refractivity contribution in [3.8, 4) is 0 Å². The molecule has 8 nitrogen and oxygen atoms in total. The molecular weight excluding hydrogens is 364 g/mol. The fraction of sp³-hybridized carbons (Fsp3) is 0.444. The molecule has 1 saturated heterocycles.